The number of piperazine rings is 1. The first-order valence-electron chi connectivity index (χ1n) is 33.6. The number of aryl methyl sites for hydroxylation is 4. The zero-order valence-corrected chi connectivity index (χ0v) is 70.8. The normalized spacial score (nSPS) is 11.7. The highest BCUT2D eigenvalue weighted by Crippen LogP contribution is 2.32. The zero-order valence-electron chi connectivity index (χ0n) is 59.0. The zero-order chi connectivity index (χ0) is 75.1. The molecule has 0 saturated carbocycles. The quantitative estimate of drug-likeness (QED) is 0.00948. The van der Waals surface area contributed by atoms with Gasteiger partial charge >= 0.3 is 0 Å². The summed E-state index contributed by atoms with van der Waals surface area (Å²) in [4.78, 5) is 67.5. The molecule has 1 heterocycles. The Morgan fingerprint density at radius 2 is 0.864 bits per heavy atom. The van der Waals surface area contributed by atoms with E-state index < -0.39 is 16.6 Å². The summed E-state index contributed by atoms with van der Waals surface area (Å²) in [5, 5.41) is 48.0. The molecule has 1 aliphatic heterocycles. The molecule has 0 aliphatic carbocycles. The molecule has 8 aromatic carbocycles. The van der Waals surface area contributed by atoms with Gasteiger partial charge in [0.15, 0.2) is 0 Å². The number of nitro groups is 1. The van der Waals surface area contributed by atoms with Crippen LogP contribution >= 0.6 is 122 Å². The third kappa shape index (κ3) is 29.3. The highest BCUT2D eigenvalue weighted by molar-refractivity contribution is 14.1. The Morgan fingerprint density at radius 3 is 1.25 bits per heavy atom. The Kier molecular flexibility index (Phi) is 37.2. The van der Waals surface area contributed by atoms with E-state index in [0.717, 1.165) is 138 Å². The fourth-order valence-electron chi connectivity index (χ4n) is 10.4. The van der Waals surface area contributed by atoms with E-state index >= 15 is 0 Å². The third-order valence-corrected chi connectivity index (χ3v) is 19.9. The molecule has 8 aromatic rings. The number of nitrogens with one attached hydrogen (secondary N) is 9. The molecule has 0 atom stereocenters. The summed E-state index contributed by atoms with van der Waals surface area (Å²) in [6, 6.07) is 44.1. The summed E-state index contributed by atoms with van der Waals surface area (Å²) in [6.45, 7) is 22.9. The number of amides is 4. The Bertz CT molecular complexity index is 4170. The van der Waals surface area contributed by atoms with Crippen LogP contribution in [0.4, 0.5) is 55.6 Å². The second kappa shape index (κ2) is 44.7. The van der Waals surface area contributed by atoms with Gasteiger partial charge in [-0.25, -0.2) is 4.39 Å². The second-order valence-corrected chi connectivity index (χ2v) is 31.1. The molecule has 1 saturated heterocycles. The summed E-state index contributed by atoms with van der Waals surface area (Å²) >= 11 is 16.0. The monoisotopic (exact) mass is 1980 g/mol. The van der Waals surface area contributed by atoms with E-state index in [4.69, 9.17) is 5.11 Å². The molecule has 10 N–H and O–H groups in total. The van der Waals surface area contributed by atoms with Crippen molar-refractivity contribution in [3.05, 3.63) is 229 Å². The van der Waals surface area contributed by atoms with E-state index in [1.54, 1.807) is 6.07 Å². The Balaban J connectivity index is 0.000000216. The van der Waals surface area contributed by atoms with Crippen molar-refractivity contribution < 1.29 is 33.6 Å². The van der Waals surface area contributed by atoms with Crippen molar-refractivity contribution in [2.75, 3.05) is 127 Å². The van der Waals surface area contributed by atoms with Gasteiger partial charge < -0.3 is 62.8 Å². The molecule has 20 nitrogen and oxygen atoms in total. The van der Waals surface area contributed by atoms with Crippen LogP contribution in [0, 0.1) is 57.9 Å². The van der Waals surface area contributed by atoms with Gasteiger partial charge in [-0.3, -0.25) is 34.2 Å². The number of nitrogens with zero attached hydrogens (tertiary/aromatic N) is 4. The van der Waals surface area contributed by atoms with Crippen LogP contribution in [0.25, 0.3) is 0 Å². The van der Waals surface area contributed by atoms with E-state index in [9.17, 15) is 33.7 Å². The minimum Gasteiger partial charge on any atom is -0.396 e. The molecule has 550 valence electrons. The van der Waals surface area contributed by atoms with E-state index in [1.165, 1.54) is 37.5 Å². The number of aliphatic hydroxyl groups is 1. The molecule has 0 unspecified atom stereocenters. The lowest BCUT2D eigenvalue weighted by atomic mass is 10.1. The van der Waals surface area contributed by atoms with Crippen LogP contribution < -0.4 is 47.9 Å². The number of benzene rings is 8. The van der Waals surface area contributed by atoms with Gasteiger partial charge in [-0.1, -0.05) is 45.7 Å². The van der Waals surface area contributed by atoms with Crippen LogP contribution in [0.15, 0.2) is 155 Å². The number of hydrogen-bond donors (Lipinski definition) is 10. The van der Waals surface area contributed by atoms with Crippen molar-refractivity contribution in [2.24, 2.45) is 0 Å². The minimum atomic E-state index is -0.537. The standard InChI is InChI=1S/C20H24BrIN4O.C20H25FIN3O.C19H23BrIN3O.C17H18IN3O4/c1-14-12-16(22)3-5-18(14)25-19-4-2-15(21)13-17(19)20(27)24-8-11-26-9-6-23-7-10-26;1-4-25(5-2)11-10-23-20(26)17-13-15(21)6-8-19(17)24-18-9-7-16(22)12-14(18)3;1-13-11-15(21)6-8-17(13)23-18-7-5-14(20)12-16(18)19(25)22-9-4-10-24(2)3;1-11-9-12(18)3-5-15(11)20-16-6-4-13(21(24)25)10-14(16)17(23)19-7-2-8-22/h2-5,12-13,23,25H,6-11H2,1H3,(H,24,27);6-9,12-13,24H,4-5,10-11H2,1-3H3,(H,23,26);5-8,11-12,23H,4,9-10H2,1-3H3,(H,22,25);3-6,9-10,20,22H,2,7-8H2,1H3,(H,19,23). The first-order chi connectivity index (χ1) is 49.2. The molecule has 4 amide bonds. The highest BCUT2D eigenvalue weighted by atomic mass is 127. The maximum Gasteiger partial charge on any atom is 0.270 e. The number of carbonyl (C=O) groups excluding carboxylic acids is 4. The number of nitro benzene ring substituents is 1. The van der Waals surface area contributed by atoms with Crippen molar-refractivity contribution in [2.45, 2.75) is 54.4 Å². The van der Waals surface area contributed by atoms with Gasteiger partial charge in [-0.05, 0) is 320 Å². The predicted molar refractivity (Wildman–Crippen MR) is 458 cm³/mol. The number of aliphatic hydroxyl groups excluding tert-OH is 1. The maximum atomic E-state index is 13.7. The summed E-state index contributed by atoms with van der Waals surface area (Å²) in [5.41, 5.74) is 12.4. The molecule has 0 bridgehead atoms. The van der Waals surface area contributed by atoms with Crippen LogP contribution in [0.1, 0.15) is 90.4 Å². The molecular formula is C76H90Br2FI4N13O7. The minimum absolute atomic E-state index is 0.0395. The first-order valence-corrected chi connectivity index (χ1v) is 39.5. The lowest BCUT2D eigenvalue weighted by Crippen LogP contribution is -2.46. The van der Waals surface area contributed by atoms with Gasteiger partial charge in [0.2, 0.25) is 0 Å². The van der Waals surface area contributed by atoms with Crippen molar-refractivity contribution in [3.63, 3.8) is 0 Å². The topological polar surface area (TPSA) is 250 Å². The highest BCUT2D eigenvalue weighted by Gasteiger charge is 2.20. The number of hydrogen-bond acceptors (Lipinski definition) is 15. The molecule has 0 aromatic heterocycles. The van der Waals surface area contributed by atoms with Gasteiger partial charge in [0.05, 0.1) is 49.9 Å². The van der Waals surface area contributed by atoms with Crippen LogP contribution in [0.2, 0.25) is 0 Å². The molecule has 1 fully saturated rings. The summed E-state index contributed by atoms with van der Waals surface area (Å²) in [7, 11) is 4.06. The number of non-ortho nitro benzene ring substituents is 1. The van der Waals surface area contributed by atoms with E-state index in [1.807, 2.05) is 107 Å². The van der Waals surface area contributed by atoms with Gasteiger partial charge in [-0.2, -0.15) is 0 Å². The number of halogens is 7. The van der Waals surface area contributed by atoms with Gasteiger partial charge in [0.25, 0.3) is 29.3 Å². The predicted octanol–water partition coefficient (Wildman–Crippen LogP) is 16.4. The van der Waals surface area contributed by atoms with E-state index in [2.05, 4.69) is 243 Å². The SMILES string of the molecule is CCN(CC)CCNC(=O)c1cc(F)ccc1Nc1ccc(I)cc1C.Cc1cc(I)ccc1Nc1ccc(Br)cc1C(=O)NCCCN(C)C.Cc1cc(I)ccc1Nc1ccc(Br)cc1C(=O)NCCN1CCNCC1.Cc1cc(I)ccc1Nc1ccc([N+](=O)[O-])cc1C(=O)NCCCO. The average molecular weight is 1980 g/mol. The maximum absolute atomic E-state index is 13.7. The third-order valence-electron chi connectivity index (χ3n) is 16.2. The molecule has 1 aliphatic rings. The van der Waals surface area contributed by atoms with Crippen molar-refractivity contribution in [1.82, 2.24) is 41.3 Å². The molecule has 27 heteroatoms. The molecule has 0 spiro atoms. The van der Waals surface area contributed by atoms with Gasteiger partial charge in [0.1, 0.15) is 5.82 Å². The summed E-state index contributed by atoms with van der Waals surface area (Å²) < 4.78 is 20.1. The largest absolute Gasteiger partial charge is 0.396 e. The number of rotatable bonds is 28. The Morgan fingerprint density at radius 1 is 0.505 bits per heavy atom. The number of carbonyl (C=O) groups is 4. The molecule has 9 rings (SSSR count). The molecule has 103 heavy (non-hydrogen) atoms. The smallest absolute Gasteiger partial charge is 0.270 e. The van der Waals surface area contributed by atoms with E-state index in [0.29, 0.717) is 60.7 Å². The van der Waals surface area contributed by atoms with Gasteiger partial charge in [0, 0.05) is 130 Å². The van der Waals surface area contributed by atoms with E-state index in [-0.39, 0.29) is 35.6 Å². The van der Waals surface area contributed by atoms with Crippen LogP contribution in [0.3, 0.4) is 0 Å². The first kappa shape index (κ1) is 85.8. The fraction of sp³-hybridized carbons (Fsp3) is 0.316. The fourth-order valence-corrected chi connectivity index (χ4v) is 13.7. The number of likely N-dealkylation sites (N-methyl/N-ethyl adjacent to an activating group) is 1. The number of anilines is 8. The van der Waals surface area contributed by atoms with Crippen LogP contribution in [-0.4, -0.2) is 154 Å². The molecular weight excluding hydrogens is 1890 g/mol. The Labute approximate surface area is 675 Å². The summed E-state index contributed by atoms with van der Waals surface area (Å²) in [5.74, 6) is -1.25. The lowest BCUT2D eigenvalue weighted by molar-refractivity contribution is -0.384. The second-order valence-electron chi connectivity index (χ2n) is 24.3. The average Bonchev–Trinajstić information content (AvgIpc) is 0.844. The van der Waals surface area contributed by atoms with Crippen LogP contribution in [0.5, 0.6) is 0 Å². The molecule has 0 radical (unpaired) electrons. The van der Waals surface area contributed by atoms with Gasteiger partial charge in [-0.15, -0.1) is 0 Å². The van der Waals surface area contributed by atoms with Crippen molar-refractivity contribution >= 4 is 197 Å². The van der Waals surface area contributed by atoms with Crippen molar-refractivity contribution in [3.8, 4) is 0 Å². The van der Waals surface area contributed by atoms with Crippen LogP contribution in [-0.2, 0) is 0 Å². The Hall–Kier alpha value is -6.15. The summed E-state index contributed by atoms with van der Waals surface area (Å²) in [6.07, 6.45) is 1.34. The van der Waals surface area contributed by atoms with Crippen molar-refractivity contribution in [1.29, 1.82) is 0 Å². The lowest BCUT2D eigenvalue weighted by Gasteiger charge is -2.27.